The van der Waals surface area contributed by atoms with Crippen molar-refractivity contribution in [2.75, 3.05) is 7.11 Å². The predicted molar refractivity (Wildman–Crippen MR) is 85.7 cm³/mol. The molecule has 0 aliphatic carbocycles. The first kappa shape index (κ1) is 17.6. The highest BCUT2D eigenvalue weighted by Gasteiger charge is 2.54. The first-order valence-electron chi connectivity index (χ1n) is 7.52. The van der Waals surface area contributed by atoms with E-state index >= 15 is 0 Å². The molecule has 7 heteroatoms. The Morgan fingerprint density at radius 2 is 1.83 bits per heavy atom. The number of carboxylic acid groups (broad SMARTS) is 1. The zero-order valence-electron chi connectivity index (χ0n) is 14.1. The molecule has 1 aliphatic rings. The minimum Gasteiger partial charge on any atom is -0.508 e. The van der Waals surface area contributed by atoms with Gasteiger partial charge in [0.2, 0.25) is 0 Å². The van der Waals surface area contributed by atoms with Crippen LogP contribution in [-0.2, 0) is 14.1 Å². The average Bonchev–Trinajstić information content (AvgIpc) is 2.65. The fourth-order valence-corrected chi connectivity index (χ4v) is 2.55. The van der Waals surface area contributed by atoms with E-state index in [0.29, 0.717) is 11.3 Å². The molecule has 0 aromatic heterocycles. The molecule has 2 rings (SSSR count). The van der Waals surface area contributed by atoms with Gasteiger partial charge in [0, 0.05) is 5.82 Å². The first-order chi connectivity index (χ1) is 10.6. The summed E-state index contributed by atoms with van der Waals surface area (Å²) in [4.78, 5) is 11.3. The highest BCUT2D eigenvalue weighted by molar-refractivity contribution is 6.48. The normalized spacial score (nSPS) is 20.3. The summed E-state index contributed by atoms with van der Waals surface area (Å²) in [5, 5.41) is 19.4. The molecular formula is C16H23BO6. The van der Waals surface area contributed by atoms with Crippen LogP contribution in [0.3, 0.4) is 0 Å². The lowest BCUT2D eigenvalue weighted by molar-refractivity contribution is -0.137. The molecule has 1 aromatic carbocycles. The number of carbonyl (C=O) groups is 1. The van der Waals surface area contributed by atoms with Crippen molar-refractivity contribution < 1.29 is 29.1 Å². The number of hydrogen-bond acceptors (Lipinski definition) is 5. The molecule has 1 aromatic rings. The number of aliphatic carboxylic acids is 1. The van der Waals surface area contributed by atoms with Gasteiger partial charge in [-0.3, -0.25) is 4.79 Å². The van der Waals surface area contributed by atoms with Gasteiger partial charge >= 0.3 is 13.1 Å². The molecule has 126 valence electrons. The van der Waals surface area contributed by atoms with Crippen LogP contribution in [0.4, 0.5) is 0 Å². The molecule has 1 heterocycles. The molecule has 0 saturated carbocycles. The first-order valence-corrected chi connectivity index (χ1v) is 7.52. The summed E-state index contributed by atoms with van der Waals surface area (Å²) in [6.45, 7) is 7.60. The van der Waals surface area contributed by atoms with Crippen LogP contribution in [0.25, 0.3) is 0 Å². The van der Waals surface area contributed by atoms with Crippen LogP contribution < -0.4 is 4.74 Å². The summed E-state index contributed by atoms with van der Waals surface area (Å²) in [7, 11) is 0.742. The predicted octanol–water partition coefficient (Wildman–Crippen LogP) is 2.59. The van der Waals surface area contributed by atoms with Gasteiger partial charge in [-0.15, -0.1) is 0 Å². The fourth-order valence-electron chi connectivity index (χ4n) is 2.55. The van der Waals surface area contributed by atoms with Gasteiger partial charge in [-0.05, 0) is 51.5 Å². The van der Waals surface area contributed by atoms with Crippen LogP contribution in [0, 0.1) is 0 Å². The number of phenols is 1. The SMILES string of the molecule is COc1ccc(O)c(C(CC(=O)O)B2OC(C)(C)C(C)(C)O2)c1. The zero-order valence-corrected chi connectivity index (χ0v) is 14.1. The van der Waals surface area contributed by atoms with Crippen molar-refractivity contribution in [2.24, 2.45) is 0 Å². The number of ether oxygens (including phenoxy) is 1. The summed E-state index contributed by atoms with van der Waals surface area (Å²) < 4.78 is 17.1. The van der Waals surface area contributed by atoms with Crippen molar-refractivity contribution in [2.45, 2.75) is 51.1 Å². The van der Waals surface area contributed by atoms with Crippen LogP contribution in [0.2, 0.25) is 0 Å². The molecule has 0 bridgehead atoms. The Balaban J connectivity index is 2.41. The fraction of sp³-hybridized carbons (Fsp3) is 0.562. The Labute approximate surface area is 136 Å². The zero-order chi connectivity index (χ0) is 17.4. The van der Waals surface area contributed by atoms with E-state index in [9.17, 15) is 15.0 Å². The van der Waals surface area contributed by atoms with Crippen LogP contribution in [-0.4, -0.2) is 41.6 Å². The Bertz CT molecular complexity index is 582. The molecule has 1 fully saturated rings. The lowest BCUT2D eigenvalue weighted by Crippen LogP contribution is -2.41. The highest BCUT2D eigenvalue weighted by atomic mass is 16.7. The molecule has 1 unspecified atom stereocenters. The monoisotopic (exact) mass is 322 g/mol. The lowest BCUT2D eigenvalue weighted by atomic mass is 9.66. The molecule has 1 atom stereocenters. The largest absolute Gasteiger partial charge is 0.508 e. The van der Waals surface area contributed by atoms with Crippen LogP contribution in [0.15, 0.2) is 18.2 Å². The number of rotatable bonds is 5. The number of methoxy groups -OCH3 is 1. The van der Waals surface area contributed by atoms with Gasteiger partial charge in [0.15, 0.2) is 0 Å². The summed E-state index contributed by atoms with van der Waals surface area (Å²) in [6.07, 6.45) is -0.225. The van der Waals surface area contributed by atoms with Gasteiger partial charge in [0.05, 0.1) is 24.7 Å². The van der Waals surface area contributed by atoms with Crippen LogP contribution in [0.5, 0.6) is 11.5 Å². The van der Waals surface area contributed by atoms with Gasteiger partial charge in [-0.1, -0.05) is 0 Å². The number of hydrogen-bond donors (Lipinski definition) is 2. The van der Waals surface area contributed by atoms with E-state index in [2.05, 4.69) is 0 Å². The van der Waals surface area contributed by atoms with Crippen molar-refractivity contribution in [3.8, 4) is 11.5 Å². The Morgan fingerprint density at radius 1 is 1.26 bits per heavy atom. The van der Waals surface area contributed by atoms with E-state index in [1.807, 2.05) is 27.7 Å². The Kier molecular flexibility index (Phi) is 4.64. The van der Waals surface area contributed by atoms with Crippen molar-refractivity contribution in [3.63, 3.8) is 0 Å². The van der Waals surface area contributed by atoms with Gasteiger partial charge < -0.3 is 24.3 Å². The van der Waals surface area contributed by atoms with E-state index in [0.717, 1.165) is 0 Å². The molecule has 1 saturated heterocycles. The lowest BCUT2D eigenvalue weighted by Gasteiger charge is -2.32. The van der Waals surface area contributed by atoms with Gasteiger partial charge in [-0.2, -0.15) is 0 Å². The molecule has 23 heavy (non-hydrogen) atoms. The maximum absolute atomic E-state index is 11.3. The molecule has 0 amide bonds. The van der Waals surface area contributed by atoms with Crippen molar-refractivity contribution in [1.82, 2.24) is 0 Å². The Morgan fingerprint density at radius 3 is 2.30 bits per heavy atom. The quantitative estimate of drug-likeness (QED) is 0.811. The van der Waals surface area contributed by atoms with Crippen molar-refractivity contribution in [1.29, 1.82) is 0 Å². The smallest absolute Gasteiger partial charge is 0.466 e. The summed E-state index contributed by atoms with van der Waals surface area (Å²) >= 11 is 0. The molecule has 6 nitrogen and oxygen atoms in total. The minimum atomic E-state index is -0.994. The standard InChI is InChI=1S/C16H23BO6/c1-15(2)16(3,4)23-17(22-15)12(9-14(19)20)11-8-10(21-5)6-7-13(11)18/h6-8,12,18H,9H2,1-5H3,(H,19,20). The second-order valence-corrected chi connectivity index (χ2v) is 6.75. The van der Waals surface area contributed by atoms with E-state index in [-0.39, 0.29) is 12.2 Å². The van der Waals surface area contributed by atoms with Gasteiger partial charge in [-0.25, -0.2) is 0 Å². The van der Waals surface area contributed by atoms with Crippen molar-refractivity contribution in [3.05, 3.63) is 23.8 Å². The second kappa shape index (κ2) is 6.05. The summed E-state index contributed by atoms with van der Waals surface area (Å²) in [5.74, 6) is -1.12. The van der Waals surface area contributed by atoms with Crippen LogP contribution in [0.1, 0.15) is 45.5 Å². The summed E-state index contributed by atoms with van der Waals surface area (Å²) in [5.41, 5.74) is -0.725. The Hall–Kier alpha value is -1.73. The third kappa shape index (κ3) is 3.45. The molecule has 0 radical (unpaired) electrons. The van der Waals surface area contributed by atoms with Gasteiger partial charge in [0.1, 0.15) is 11.5 Å². The van der Waals surface area contributed by atoms with E-state index < -0.39 is 30.1 Å². The molecule has 0 spiro atoms. The number of benzene rings is 1. The average molecular weight is 322 g/mol. The second-order valence-electron chi connectivity index (χ2n) is 6.75. The van der Waals surface area contributed by atoms with E-state index in [1.54, 1.807) is 12.1 Å². The van der Waals surface area contributed by atoms with E-state index in [1.165, 1.54) is 13.2 Å². The molecule has 1 aliphatic heterocycles. The molecule has 2 N–H and O–H groups in total. The van der Waals surface area contributed by atoms with E-state index in [4.69, 9.17) is 14.0 Å². The topological polar surface area (TPSA) is 85.2 Å². The number of phenolic OH excluding ortho intramolecular Hbond substituents is 1. The minimum absolute atomic E-state index is 0.00763. The molecular weight excluding hydrogens is 299 g/mol. The van der Waals surface area contributed by atoms with Crippen molar-refractivity contribution >= 4 is 13.1 Å². The third-order valence-electron chi connectivity index (χ3n) is 4.63. The van der Waals surface area contributed by atoms with Crippen LogP contribution >= 0.6 is 0 Å². The third-order valence-corrected chi connectivity index (χ3v) is 4.63. The summed E-state index contributed by atoms with van der Waals surface area (Å²) in [6, 6.07) is 4.71. The maximum atomic E-state index is 11.3. The number of carboxylic acids is 1. The number of aromatic hydroxyl groups is 1. The van der Waals surface area contributed by atoms with Gasteiger partial charge in [0.25, 0.3) is 0 Å². The highest BCUT2D eigenvalue weighted by Crippen LogP contribution is 2.43. The maximum Gasteiger partial charge on any atom is 0.466 e.